The molecule has 1 amide bonds. The maximum Gasteiger partial charge on any atom is 0.416 e. The van der Waals surface area contributed by atoms with Crippen LogP contribution < -0.4 is 14.8 Å². The SMILES string of the molecule is CC(=O)NC(C)C#Cc1cnc(Oc2ccc(Oc3ccc(C(F)(F)F)cc3)cc2)s1. The van der Waals surface area contributed by atoms with Crippen molar-refractivity contribution in [2.75, 3.05) is 0 Å². The van der Waals surface area contributed by atoms with Crippen LogP contribution in [0.25, 0.3) is 0 Å². The van der Waals surface area contributed by atoms with E-state index in [9.17, 15) is 18.0 Å². The third kappa shape index (κ3) is 6.76. The summed E-state index contributed by atoms with van der Waals surface area (Å²) in [7, 11) is 0. The van der Waals surface area contributed by atoms with Gasteiger partial charge in [0.2, 0.25) is 5.91 Å². The van der Waals surface area contributed by atoms with Crippen molar-refractivity contribution in [2.45, 2.75) is 26.1 Å². The van der Waals surface area contributed by atoms with Gasteiger partial charge in [-0.1, -0.05) is 23.2 Å². The summed E-state index contributed by atoms with van der Waals surface area (Å²) in [5.41, 5.74) is -0.735. The zero-order chi connectivity index (χ0) is 22.4. The van der Waals surface area contributed by atoms with Crippen molar-refractivity contribution in [1.82, 2.24) is 10.3 Å². The zero-order valence-corrected chi connectivity index (χ0v) is 17.3. The number of hydrogen-bond donors (Lipinski definition) is 1. The number of rotatable bonds is 5. The highest BCUT2D eigenvalue weighted by atomic mass is 32.1. The Morgan fingerprint density at radius 1 is 1.03 bits per heavy atom. The minimum atomic E-state index is -4.39. The summed E-state index contributed by atoms with van der Waals surface area (Å²) in [6.45, 7) is 3.21. The second kappa shape index (κ2) is 9.53. The number of hydrogen-bond acceptors (Lipinski definition) is 5. The first kappa shape index (κ1) is 22.2. The number of benzene rings is 2. The molecule has 0 spiro atoms. The molecule has 2 aromatic carbocycles. The number of halogens is 3. The highest BCUT2D eigenvalue weighted by Gasteiger charge is 2.30. The average Bonchev–Trinajstić information content (AvgIpc) is 3.14. The van der Waals surface area contributed by atoms with Crippen LogP contribution in [0.5, 0.6) is 22.4 Å². The van der Waals surface area contributed by atoms with Crippen LogP contribution in [-0.2, 0) is 11.0 Å². The molecule has 1 aromatic heterocycles. The largest absolute Gasteiger partial charge is 0.457 e. The molecule has 3 aromatic rings. The van der Waals surface area contributed by atoms with E-state index in [1.165, 1.54) is 30.4 Å². The lowest BCUT2D eigenvalue weighted by molar-refractivity contribution is -0.137. The fourth-order valence-corrected chi connectivity index (χ4v) is 3.05. The van der Waals surface area contributed by atoms with Gasteiger partial charge in [0.1, 0.15) is 22.1 Å². The van der Waals surface area contributed by atoms with Crippen molar-refractivity contribution < 1.29 is 27.4 Å². The van der Waals surface area contributed by atoms with Gasteiger partial charge < -0.3 is 14.8 Å². The molecule has 1 heterocycles. The molecular formula is C22H17F3N2O3S. The van der Waals surface area contributed by atoms with Crippen LogP contribution >= 0.6 is 11.3 Å². The van der Waals surface area contributed by atoms with E-state index in [0.29, 0.717) is 27.3 Å². The standard InChI is InChI=1S/C22H17F3N2O3S/c1-14(27-15(2)28)3-12-20-13-26-21(31-20)30-19-10-8-18(9-11-19)29-17-6-4-16(5-7-17)22(23,24)25/h4-11,13-14H,1-2H3,(H,27,28). The second-order valence-corrected chi connectivity index (χ2v) is 7.37. The number of alkyl halides is 3. The predicted octanol–water partition coefficient (Wildman–Crippen LogP) is 5.62. The molecule has 0 aliphatic carbocycles. The molecule has 0 saturated carbocycles. The molecule has 0 aliphatic rings. The average molecular weight is 446 g/mol. The summed E-state index contributed by atoms with van der Waals surface area (Å²) in [5.74, 6) is 6.93. The summed E-state index contributed by atoms with van der Waals surface area (Å²) >= 11 is 1.26. The number of carbonyl (C=O) groups excluding carboxylic acids is 1. The Kier molecular flexibility index (Phi) is 6.82. The number of thiazole rings is 1. The molecule has 0 fully saturated rings. The quantitative estimate of drug-likeness (QED) is 0.517. The van der Waals surface area contributed by atoms with Crippen molar-refractivity contribution in [1.29, 1.82) is 0 Å². The van der Waals surface area contributed by atoms with Gasteiger partial charge in [0, 0.05) is 6.92 Å². The van der Waals surface area contributed by atoms with E-state index >= 15 is 0 Å². The smallest absolute Gasteiger partial charge is 0.416 e. The fourth-order valence-electron chi connectivity index (χ4n) is 2.41. The maximum atomic E-state index is 12.6. The number of nitrogens with zero attached hydrogens (tertiary/aromatic N) is 1. The molecule has 1 atom stereocenters. The van der Waals surface area contributed by atoms with Crippen LogP contribution in [0, 0.1) is 11.8 Å². The van der Waals surface area contributed by atoms with Gasteiger partial charge in [-0.2, -0.15) is 13.2 Å². The number of amides is 1. The van der Waals surface area contributed by atoms with Crippen LogP contribution in [0.1, 0.15) is 24.3 Å². The zero-order valence-electron chi connectivity index (χ0n) is 16.5. The predicted molar refractivity (Wildman–Crippen MR) is 110 cm³/mol. The Labute approximate surface area is 180 Å². The topological polar surface area (TPSA) is 60.5 Å². The van der Waals surface area contributed by atoms with Gasteiger partial charge in [-0.3, -0.25) is 4.79 Å². The molecule has 3 rings (SSSR count). The Bertz CT molecular complexity index is 1100. The highest BCUT2D eigenvalue weighted by molar-refractivity contribution is 7.13. The molecule has 1 N–H and O–H groups in total. The van der Waals surface area contributed by atoms with Crippen molar-refractivity contribution >= 4 is 17.2 Å². The molecule has 0 radical (unpaired) electrons. The highest BCUT2D eigenvalue weighted by Crippen LogP contribution is 2.32. The van der Waals surface area contributed by atoms with Gasteiger partial charge in [0.05, 0.1) is 17.8 Å². The molecular weight excluding hydrogens is 429 g/mol. The number of nitrogens with one attached hydrogen (secondary N) is 1. The van der Waals surface area contributed by atoms with Crippen molar-refractivity contribution in [2.24, 2.45) is 0 Å². The van der Waals surface area contributed by atoms with E-state index in [0.717, 1.165) is 12.1 Å². The lowest BCUT2D eigenvalue weighted by Gasteiger charge is -2.09. The monoisotopic (exact) mass is 446 g/mol. The first-order valence-electron chi connectivity index (χ1n) is 9.06. The summed E-state index contributed by atoms with van der Waals surface area (Å²) in [4.78, 5) is 15.8. The fraction of sp³-hybridized carbons (Fsp3) is 0.182. The van der Waals surface area contributed by atoms with Crippen molar-refractivity contribution in [3.05, 3.63) is 65.2 Å². The second-order valence-electron chi connectivity index (χ2n) is 6.38. The summed E-state index contributed by atoms with van der Waals surface area (Å²) in [6.07, 6.45) is -2.81. The van der Waals surface area contributed by atoms with Gasteiger partial charge in [-0.15, -0.1) is 0 Å². The van der Waals surface area contributed by atoms with E-state index in [-0.39, 0.29) is 11.9 Å². The third-order valence-corrected chi connectivity index (χ3v) is 4.55. The molecule has 0 bridgehead atoms. The number of carbonyl (C=O) groups is 1. The van der Waals surface area contributed by atoms with Gasteiger partial charge in [-0.25, -0.2) is 4.98 Å². The van der Waals surface area contributed by atoms with Crippen LogP contribution in [0.3, 0.4) is 0 Å². The van der Waals surface area contributed by atoms with E-state index in [2.05, 4.69) is 22.1 Å². The number of aromatic nitrogens is 1. The summed E-state index contributed by atoms with van der Waals surface area (Å²) in [5, 5.41) is 3.07. The molecule has 0 aliphatic heterocycles. The normalized spacial score (nSPS) is 11.8. The van der Waals surface area contributed by atoms with E-state index in [4.69, 9.17) is 9.47 Å². The molecule has 31 heavy (non-hydrogen) atoms. The molecule has 9 heteroatoms. The molecule has 1 unspecified atom stereocenters. The minimum absolute atomic E-state index is 0.152. The Morgan fingerprint density at radius 3 is 2.13 bits per heavy atom. The molecule has 5 nitrogen and oxygen atoms in total. The van der Waals surface area contributed by atoms with Gasteiger partial charge in [0.25, 0.3) is 5.19 Å². The van der Waals surface area contributed by atoms with Crippen LogP contribution in [-0.4, -0.2) is 16.9 Å². The Morgan fingerprint density at radius 2 is 1.58 bits per heavy atom. The first-order chi connectivity index (χ1) is 14.7. The number of ether oxygens (including phenoxy) is 2. The maximum absolute atomic E-state index is 12.6. The molecule has 0 saturated heterocycles. The first-order valence-corrected chi connectivity index (χ1v) is 9.88. The van der Waals surface area contributed by atoms with Gasteiger partial charge in [-0.05, 0) is 55.5 Å². The van der Waals surface area contributed by atoms with Crippen molar-refractivity contribution in [3.63, 3.8) is 0 Å². The summed E-state index contributed by atoms with van der Waals surface area (Å²) < 4.78 is 49.1. The van der Waals surface area contributed by atoms with E-state index in [1.807, 2.05) is 0 Å². The minimum Gasteiger partial charge on any atom is -0.457 e. The van der Waals surface area contributed by atoms with E-state index < -0.39 is 11.7 Å². The van der Waals surface area contributed by atoms with Crippen LogP contribution in [0.2, 0.25) is 0 Å². The van der Waals surface area contributed by atoms with Crippen LogP contribution in [0.15, 0.2) is 54.7 Å². The summed E-state index contributed by atoms with van der Waals surface area (Å²) in [6, 6.07) is 10.8. The van der Waals surface area contributed by atoms with E-state index in [1.54, 1.807) is 37.4 Å². The lowest BCUT2D eigenvalue weighted by Crippen LogP contribution is -2.28. The van der Waals surface area contributed by atoms with Gasteiger partial charge >= 0.3 is 6.18 Å². The third-order valence-electron chi connectivity index (χ3n) is 3.76. The lowest BCUT2D eigenvalue weighted by atomic mass is 10.2. The van der Waals surface area contributed by atoms with Crippen molar-refractivity contribution in [3.8, 4) is 34.3 Å². The Hall–Kier alpha value is -3.51. The van der Waals surface area contributed by atoms with Crippen LogP contribution in [0.4, 0.5) is 13.2 Å². The Balaban J connectivity index is 1.58. The van der Waals surface area contributed by atoms with Gasteiger partial charge in [0.15, 0.2) is 0 Å². The molecule has 160 valence electrons.